The van der Waals surface area contributed by atoms with Crippen molar-refractivity contribution < 1.29 is 10.2 Å². The summed E-state index contributed by atoms with van der Waals surface area (Å²) in [6, 6.07) is 5.02. The molecule has 1 fully saturated rings. The molecule has 15 heavy (non-hydrogen) atoms. The Morgan fingerprint density at radius 2 is 1.93 bits per heavy atom. The van der Waals surface area contributed by atoms with E-state index in [9.17, 15) is 10.2 Å². The Morgan fingerprint density at radius 3 is 2.67 bits per heavy atom. The second-order valence-electron chi connectivity index (χ2n) is 4.16. The van der Waals surface area contributed by atoms with Crippen LogP contribution in [-0.2, 0) is 0 Å². The van der Waals surface area contributed by atoms with E-state index in [4.69, 9.17) is 11.6 Å². The number of hydrogen-bond donors (Lipinski definition) is 2. The number of phenols is 1. The van der Waals surface area contributed by atoms with Gasteiger partial charge in [-0.25, -0.2) is 0 Å². The van der Waals surface area contributed by atoms with E-state index in [0.717, 1.165) is 31.2 Å². The first-order chi connectivity index (χ1) is 7.18. The van der Waals surface area contributed by atoms with Gasteiger partial charge in [0.15, 0.2) is 0 Å². The number of halogens is 1. The standard InChI is InChI=1S/C12H15ClO2/c13-8-5-6-12(15)10(7-8)9-3-1-2-4-11(9)14/h5-7,9,11,14-15H,1-4H2/t9-,11?/m0/s1. The Morgan fingerprint density at radius 1 is 1.20 bits per heavy atom. The Bertz CT molecular complexity index is 351. The van der Waals surface area contributed by atoms with Gasteiger partial charge < -0.3 is 10.2 Å². The van der Waals surface area contributed by atoms with Crippen molar-refractivity contribution in [3.8, 4) is 5.75 Å². The normalized spacial score (nSPS) is 26.5. The molecule has 0 radical (unpaired) electrons. The fourth-order valence-electron chi connectivity index (χ4n) is 2.30. The minimum atomic E-state index is -0.344. The molecular weight excluding hydrogens is 212 g/mol. The lowest BCUT2D eigenvalue weighted by Crippen LogP contribution is -2.22. The van der Waals surface area contributed by atoms with Crippen molar-refractivity contribution in [2.24, 2.45) is 0 Å². The van der Waals surface area contributed by atoms with Crippen LogP contribution in [0.1, 0.15) is 37.2 Å². The molecule has 0 aliphatic heterocycles. The monoisotopic (exact) mass is 226 g/mol. The number of rotatable bonds is 1. The second-order valence-corrected chi connectivity index (χ2v) is 4.60. The van der Waals surface area contributed by atoms with Gasteiger partial charge in [0.05, 0.1) is 6.10 Å². The highest BCUT2D eigenvalue weighted by Gasteiger charge is 2.26. The smallest absolute Gasteiger partial charge is 0.119 e. The molecule has 1 aliphatic rings. The lowest BCUT2D eigenvalue weighted by Gasteiger charge is -2.28. The van der Waals surface area contributed by atoms with Gasteiger partial charge in [-0.15, -0.1) is 0 Å². The molecule has 2 atom stereocenters. The van der Waals surface area contributed by atoms with Gasteiger partial charge in [0.2, 0.25) is 0 Å². The number of hydrogen-bond acceptors (Lipinski definition) is 2. The van der Waals surface area contributed by atoms with Gasteiger partial charge in [-0.05, 0) is 31.0 Å². The van der Waals surface area contributed by atoms with Crippen LogP contribution >= 0.6 is 11.6 Å². The van der Waals surface area contributed by atoms with Crippen LogP contribution in [0.2, 0.25) is 5.02 Å². The van der Waals surface area contributed by atoms with E-state index in [1.807, 2.05) is 0 Å². The molecule has 1 unspecified atom stereocenters. The molecule has 1 aromatic carbocycles. The van der Waals surface area contributed by atoms with E-state index in [2.05, 4.69) is 0 Å². The topological polar surface area (TPSA) is 40.5 Å². The predicted octanol–water partition coefficient (Wildman–Crippen LogP) is 3.06. The highest BCUT2D eigenvalue weighted by molar-refractivity contribution is 6.30. The first kappa shape index (κ1) is 10.8. The van der Waals surface area contributed by atoms with Crippen molar-refractivity contribution in [1.29, 1.82) is 0 Å². The zero-order valence-electron chi connectivity index (χ0n) is 8.49. The number of aromatic hydroxyl groups is 1. The van der Waals surface area contributed by atoms with Crippen molar-refractivity contribution in [2.45, 2.75) is 37.7 Å². The number of benzene rings is 1. The number of phenolic OH excluding ortho intramolecular Hbond substituents is 1. The van der Waals surface area contributed by atoms with Crippen LogP contribution in [0.25, 0.3) is 0 Å². The summed E-state index contributed by atoms with van der Waals surface area (Å²) in [6.07, 6.45) is 3.57. The number of aliphatic hydroxyl groups excluding tert-OH is 1. The summed E-state index contributed by atoms with van der Waals surface area (Å²) < 4.78 is 0. The maximum absolute atomic E-state index is 9.88. The lowest BCUT2D eigenvalue weighted by atomic mass is 9.81. The zero-order valence-corrected chi connectivity index (χ0v) is 9.24. The van der Waals surface area contributed by atoms with Gasteiger partial charge in [-0.3, -0.25) is 0 Å². The van der Waals surface area contributed by atoms with E-state index in [1.165, 1.54) is 0 Å². The summed E-state index contributed by atoms with van der Waals surface area (Å²) in [5, 5.41) is 20.2. The van der Waals surface area contributed by atoms with Crippen molar-refractivity contribution in [3.63, 3.8) is 0 Å². The third kappa shape index (κ3) is 2.27. The minimum absolute atomic E-state index is 0.0393. The van der Waals surface area contributed by atoms with Gasteiger partial charge in [0.1, 0.15) is 5.75 Å². The summed E-state index contributed by atoms with van der Waals surface area (Å²) in [7, 11) is 0. The number of aliphatic hydroxyl groups is 1. The molecule has 1 aromatic rings. The molecule has 2 rings (SSSR count). The largest absolute Gasteiger partial charge is 0.508 e. The zero-order chi connectivity index (χ0) is 10.8. The first-order valence-electron chi connectivity index (χ1n) is 5.35. The fraction of sp³-hybridized carbons (Fsp3) is 0.500. The van der Waals surface area contributed by atoms with E-state index in [-0.39, 0.29) is 17.8 Å². The Kier molecular flexibility index (Phi) is 3.17. The van der Waals surface area contributed by atoms with E-state index >= 15 is 0 Å². The lowest BCUT2D eigenvalue weighted by molar-refractivity contribution is 0.105. The Hall–Kier alpha value is -0.730. The van der Waals surface area contributed by atoms with Crippen LogP contribution in [0.5, 0.6) is 5.75 Å². The van der Waals surface area contributed by atoms with Crippen LogP contribution < -0.4 is 0 Å². The SMILES string of the molecule is Oc1ccc(Cl)cc1[C@@H]1CCCCC1O. The maximum atomic E-state index is 9.88. The average molecular weight is 227 g/mol. The Labute approximate surface area is 94.5 Å². The molecule has 0 aromatic heterocycles. The highest BCUT2D eigenvalue weighted by atomic mass is 35.5. The third-order valence-electron chi connectivity index (χ3n) is 3.12. The van der Waals surface area contributed by atoms with Crippen molar-refractivity contribution in [1.82, 2.24) is 0 Å². The molecule has 0 spiro atoms. The van der Waals surface area contributed by atoms with Crippen LogP contribution in [-0.4, -0.2) is 16.3 Å². The molecular formula is C12H15ClO2. The quantitative estimate of drug-likeness (QED) is 0.773. The summed E-state index contributed by atoms with van der Waals surface area (Å²) in [4.78, 5) is 0. The summed E-state index contributed by atoms with van der Waals surface area (Å²) in [5.41, 5.74) is 0.787. The summed E-state index contributed by atoms with van der Waals surface area (Å²) >= 11 is 5.89. The highest BCUT2D eigenvalue weighted by Crippen LogP contribution is 2.38. The van der Waals surface area contributed by atoms with E-state index in [0.29, 0.717) is 5.02 Å². The Balaban J connectivity index is 2.30. The minimum Gasteiger partial charge on any atom is -0.508 e. The van der Waals surface area contributed by atoms with Gasteiger partial charge >= 0.3 is 0 Å². The molecule has 1 saturated carbocycles. The van der Waals surface area contributed by atoms with Gasteiger partial charge in [-0.2, -0.15) is 0 Å². The third-order valence-corrected chi connectivity index (χ3v) is 3.35. The molecule has 0 amide bonds. The molecule has 0 saturated heterocycles. The van der Waals surface area contributed by atoms with Gasteiger partial charge in [-0.1, -0.05) is 24.4 Å². The van der Waals surface area contributed by atoms with E-state index in [1.54, 1.807) is 18.2 Å². The molecule has 1 aliphatic carbocycles. The maximum Gasteiger partial charge on any atom is 0.119 e. The molecule has 2 nitrogen and oxygen atoms in total. The van der Waals surface area contributed by atoms with Crippen molar-refractivity contribution in [3.05, 3.63) is 28.8 Å². The van der Waals surface area contributed by atoms with Crippen LogP contribution in [0.3, 0.4) is 0 Å². The summed E-state index contributed by atoms with van der Waals surface area (Å²) in [5.74, 6) is 0.280. The van der Waals surface area contributed by atoms with Crippen LogP contribution in [0.15, 0.2) is 18.2 Å². The predicted molar refractivity (Wildman–Crippen MR) is 60.3 cm³/mol. The van der Waals surface area contributed by atoms with E-state index < -0.39 is 0 Å². The van der Waals surface area contributed by atoms with Crippen LogP contribution in [0.4, 0.5) is 0 Å². The average Bonchev–Trinajstić information content (AvgIpc) is 2.23. The van der Waals surface area contributed by atoms with Crippen LogP contribution in [0, 0.1) is 0 Å². The molecule has 2 N–H and O–H groups in total. The molecule has 82 valence electrons. The van der Waals surface area contributed by atoms with Gasteiger partial charge in [0.25, 0.3) is 0 Å². The molecule has 0 heterocycles. The first-order valence-corrected chi connectivity index (χ1v) is 5.73. The molecule has 3 heteroatoms. The van der Waals surface area contributed by atoms with Crippen molar-refractivity contribution in [2.75, 3.05) is 0 Å². The van der Waals surface area contributed by atoms with Crippen molar-refractivity contribution >= 4 is 11.6 Å². The van der Waals surface area contributed by atoms with Gasteiger partial charge in [0, 0.05) is 16.5 Å². The fourth-order valence-corrected chi connectivity index (χ4v) is 2.48. The molecule has 0 bridgehead atoms. The summed E-state index contributed by atoms with van der Waals surface area (Å²) in [6.45, 7) is 0. The second kappa shape index (κ2) is 4.42.